The highest BCUT2D eigenvalue weighted by atomic mass is 35.5. The smallest absolute Gasteiger partial charge is 0.272 e. The molecule has 1 aromatic heterocycles. The van der Waals surface area contributed by atoms with Crippen molar-refractivity contribution in [3.63, 3.8) is 0 Å². The van der Waals surface area contributed by atoms with Crippen LogP contribution in [0.5, 0.6) is 0 Å². The highest BCUT2D eigenvalue weighted by Gasteiger charge is 2.29. The number of hydrogen-bond acceptors (Lipinski definition) is 3. The molecule has 2 aliphatic rings. The number of rotatable bonds is 4. The van der Waals surface area contributed by atoms with Crippen LogP contribution >= 0.6 is 34.8 Å². The average molecular weight is 491 g/mol. The lowest BCUT2D eigenvalue weighted by Gasteiger charge is -2.13. The Hall–Kier alpha value is -2.05. The molecule has 5 rings (SSSR count). The number of benzene rings is 2. The number of aryl methyl sites for hydroxylation is 1. The molecule has 1 aliphatic carbocycles. The summed E-state index contributed by atoms with van der Waals surface area (Å²) < 4.78 is 7.42. The van der Waals surface area contributed by atoms with E-state index in [2.05, 4.69) is 5.32 Å². The predicted molar refractivity (Wildman–Crippen MR) is 127 cm³/mol. The SMILES string of the molecule is O=C(NCC1CCCO1)c1nn(-c2ccc(Cl)cc2Cl)c2c1CCCc1cc(Cl)ccc1-2. The van der Waals surface area contributed by atoms with Crippen LogP contribution < -0.4 is 5.32 Å². The molecule has 0 spiro atoms. The fraction of sp³-hybridized carbons (Fsp3) is 0.333. The molecule has 32 heavy (non-hydrogen) atoms. The third-order valence-corrected chi connectivity index (χ3v) is 6.82. The quantitative estimate of drug-likeness (QED) is 0.495. The molecule has 5 nitrogen and oxygen atoms in total. The first-order valence-corrected chi connectivity index (χ1v) is 11.9. The summed E-state index contributed by atoms with van der Waals surface area (Å²) in [4.78, 5) is 13.2. The second kappa shape index (κ2) is 9.06. The largest absolute Gasteiger partial charge is 0.376 e. The summed E-state index contributed by atoms with van der Waals surface area (Å²) in [7, 11) is 0. The van der Waals surface area contributed by atoms with Crippen molar-refractivity contribution in [3.05, 3.63) is 68.3 Å². The van der Waals surface area contributed by atoms with E-state index in [1.165, 1.54) is 0 Å². The van der Waals surface area contributed by atoms with Gasteiger partial charge in [-0.05, 0) is 68.0 Å². The van der Waals surface area contributed by atoms with Gasteiger partial charge < -0.3 is 10.1 Å². The van der Waals surface area contributed by atoms with Gasteiger partial charge in [-0.2, -0.15) is 5.10 Å². The molecule has 8 heteroatoms. The zero-order chi connectivity index (χ0) is 22.2. The summed E-state index contributed by atoms with van der Waals surface area (Å²) in [5.74, 6) is -0.196. The molecule has 1 amide bonds. The van der Waals surface area contributed by atoms with Gasteiger partial charge in [0.2, 0.25) is 0 Å². The number of nitrogens with one attached hydrogen (secondary N) is 1. The minimum atomic E-state index is -0.196. The molecule has 166 valence electrons. The Morgan fingerprint density at radius 2 is 1.91 bits per heavy atom. The van der Waals surface area contributed by atoms with E-state index in [-0.39, 0.29) is 12.0 Å². The molecule has 1 saturated heterocycles. The molecule has 1 atom stereocenters. The second-order valence-electron chi connectivity index (χ2n) is 8.18. The van der Waals surface area contributed by atoms with Gasteiger partial charge in [0.05, 0.1) is 22.5 Å². The van der Waals surface area contributed by atoms with Gasteiger partial charge in [0, 0.05) is 34.3 Å². The Balaban J connectivity index is 1.63. The standard InChI is InChI=1S/C24H22Cl3N3O2/c25-15-6-8-18-14(11-15)3-1-5-19-22(24(31)28-13-17-4-2-10-32-17)29-30(23(18)19)21-9-7-16(26)12-20(21)27/h6-9,11-12,17H,1-5,10,13H2,(H,28,31). The van der Waals surface area contributed by atoms with Crippen molar-refractivity contribution in [3.8, 4) is 16.9 Å². The highest BCUT2D eigenvalue weighted by molar-refractivity contribution is 6.35. The van der Waals surface area contributed by atoms with E-state index in [1.807, 2.05) is 24.3 Å². The monoisotopic (exact) mass is 489 g/mol. The number of amides is 1. The van der Waals surface area contributed by atoms with Crippen molar-refractivity contribution in [1.29, 1.82) is 0 Å². The van der Waals surface area contributed by atoms with E-state index < -0.39 is 0 Å². The molecule has 1 aliphatic heterocycles. The molecule has 0 bridgehead atoms. The highest BCUT2D eigenvalue weighted by Crippen LogP contribution is 2.38. The number of carbonyl (C=O) groups is 1. The maximum atomic E-state index is 13.2. The number of ether oxygens (including phenoxy) is 1. The fourth-order valence-electron chi connectivity index (χ4n) is 4.52. The van der Waals surface area contributed by atoms with E-state index >= 15 is 0 Å². The summed E-state index contributed by atoms with van der Waals surface area (Å²) in [5.41, 5.74) is 5.04. The second-order valence-corrected chi connectivity index (χ2v) is 9.46. The molecule has 0 saturated carbocycles. The van der Waals surface area contributed by atoms with Crippen LogP contribution in [0, 0.1) is 0 Å². The zero-order valence-electron chi connectivity index (χ0n) is 17.3. The summed E-state index contributed by atoms with van der Waals surface area (Å²) in [5, 5.41) is 9.48. The molecule has 1 unspecified atom stereocenters. The number of aromatic nitrogens is 2. The van der Waals surface area contributed by atoms with Crippen molar-refractivity contribution < 1.29 is 9.53 Å². The van der Waals surface area contributed by atoms with Crippen molar-refractivity contribution in [2.24, 2.45) is 0 Å². The minimum absolute atomic E-state index is 0.0632. The molecule has 1 fully saturated rings. The maximum Gasteiger partial charge on any atom is 0.272 e. The number of fused-ring (bicyclic) bond motifs is 3. The zero-order valence-corrected chi connectivity index (χ0v) is 19.6. The molecule has 2 aromatic carbocycles. The van der Waals surface area contributed by atoms with E-state index in [0.717, 1.165) is 61.1 Å². The Kier molecular flexibility index (Phi) is 6.17. The van der Waals surface area contributed by atoms with Crippen molar-refractivity contribution >= 4 is 40.7 Å². The number of halogens is 3. The molecule has 2 heterocycles. The van der Waals surface area contributed by atoms with Crippen LogP contribution in [0.4, 0.5) is 0 Å². The third kappa shape index (κ3) is 4.15. The van der Waals surface area contributed by atoms with E-state index in [0.29, 0.717) is 33.0 Å². The van der Waals surface area contributed by atoms with Gasteiger partial charge in [0.25, 0.3) is 5.91 Å². The van der Waals surface area contributed by atoms with Crippen LogP contribution in [0.25, 0.3) is 16.9 Å². The van der Waals surface area contributed by atoms with Gasteiger partial charge in [-0.3, -0.25) is 4.79 Å². The van der Waals surface area contributed by atoms with E-state index in [9.17, 15) is 4.79 Å². The van der Waals surface area contributed by atoms with Gasteiger partial charge >= 0.3 is 0 Å². The lowest BCUT2D eigenvalue weighted by atomic mass is 10.0. The Labute approximate surface area is 201 Å². The number of carbonyl (C=O) groups excluding carboxylic acids is 1. The number of nitrogens with zero attached hydrogens (tertiary/aromatic N) is 2. The van der Waals surface area contributed by atoms with Crippen LogP contribution in [-0.2, 0) is 17.6 Å². The van der Waals surface area contributed by atoms with E-state index in [1.54, 1.807) is 16.8 Å². The molecular weight excluding hydrogens is 469 g/mol. The maximum absolute atomic E-state index is 13.2. The minimum Gasteiger partial charge on any atom is -0.376 e. The number of hydrogen-bond donors (Lipinski definition) is 1. The van der Waals surface area contributed by atoms with Gasteiger partial charge in [0.1, 0.15) is 0 Å². The summed E-state index contributed by atoms with van der Waals surface area (Å²) >= 11 is 19.0. The van der Waals surface area contributed by atoms with Crippen molar-refractivity contribution in [1.82, 2.24) is 15.1 Å². The topological polar surface area (TPSA) is 56.1 Å². The normalized spacial score (nSPS) is 17.5. The van der Waals surface area contributed by atoms with Crippen molar-refractivity contribution in [2.45, 2.75) is 38.2 Å². The van der Waals surface area contributed by atoms with Gasteiger partial charge in [-0.25, -0.2) is 4.68 Å². The molecule has 1 N–H and O–H groups in total. The molecule has 3 aromatic rings. The third-order valence-electron chi connectivity index (χ3n) is 6.05. The average Bonchev–Trinajstić information content (AvgIpc) is 3.37. The van der Waals surface area contributed by atoms with Crippen LogP contribution in [0.2, 0.25) is 15.1 Å². The summed E-state index contributed by atoms with van der Waals surface area (Å²) in [6.45, 7) is 1.23. The van der Waals surface area contributed by atoms with Crippen LogP contribution in [0.15, 0.2) is 36.4 Å². The predicted octanol–water partition coefficient (Wildman–Crippen LogP) is 5.90. The lowest BCUT2D eigenvalue weighted by Crippen LogP contribution is -2.32. The lowest BCUT2D eigenvalue weighted by molar-refractivity contribution is 0.0852. The Morgan fingerprint density at radius 3 is 2.69 bits per heavy atom. The summed E-state index contributed by atoms with van der Waals surface area (Å²) in [6, 6.07) is 11.1. The first-order valence-electron chi connectivity index (χ1n) is 10.8. The fourth-order valence-corrected chi connectivity index (χ4v) is 5.21. The van der Waals surface area contributed by atoms with Gasteiger partial charge in [-0.15, -0.1) is 0 Å². The van der Waals surface area contributed by atoms with Crippen molar-refractivity contribution in [2.75, 3.05) is 13.2 Å². The van der Waals surface area contributed by atoms with Crippen LogP contribution in [0.1, 0.15) is 40.9 Å². The van der Waals surface area contributed by atoms with Gasteiger partial charge in [0.15, 0.2) is 5.69 Å². The molecular formula is C24H22Cl3N3O2. The van der Waals surface area contributed by atoms with Crippen LogP contribution in [0.3, 0.4) is 0 Å². The molecule has 0 radical (unpaired) electrons. The first-order chi connectivity index (χ1) is 15.5. The van der Waals surface area contributed by atoms with Crippen LogP contribution in [-0.4, -0.2) is 34.9 Å². The first kappa shape index (κ1) is 21.8. The van der Waals surface area contributed by atoms with E-state index in [4.69, 9.17) is 44.6 Å². The Bertz CT molecular complexity index is 1190. The van der Waals surface area contributed by atoms with Gasteiger partial charge in [-0.1, -0.05) is 40.9 Å². The Morgan fingerprint density at radius 1 is 1.09 bits per heavy atom. The summed E-state index contributed by atoms with van der Waals surface area (Å²) in [6.07, 6.45) is 4.55.